The molecular formula is C21H23FN2O2. The zero-order chi connectivity index (χ0) is 18.5. The van der Waals surface area contributed by atoms with Crippen LogP contribution in [0.2, 0.25) is 0 Å². The second kappa shape index (κ2) is 8.13. The van der Waals surface area contributed by atoms with Gasteiger partial charge in [-0.25, -0.2) is 4.39 Å². The van der Waals surface area contributed by atoms with Gasteiger partial charge in [-0.1, -0.05) is 37.3 Å². The van der Waals surface area contributed by atoms with Gasteiger partial charge in [-0.2, -0.15) is 0 Å². The molecule has 2 aromatic carbocycles. The Labute approximate surface area is 153 Å². The number of piperazine rings is 1. The average Bonchev–Trinajstić information content (AvgIpc) is 2.68. The van der Waals surface area contributed by atoms with Gasteiger partial charge in [0.2, 0.25) is 5.91 Å². The Morgan fingerprint density at radius 3 is 2.12 bits per heavy atom. The number of nitrogens with zero attached hydrogens (tertiary/aromatic N) is 2. The Balaban J connectivity index is 1.52. The van der Waals surface area contributed by atoms with E-state index in [0.717, 1.165) is 5.56 Å². The van der Waals surface area contributed by atoms with Crippen molar-refractivity contribution in [3.63, 3.8) is 0 Å². The molecule has 1 aliphatic rings. The van der Waals surface area contributed by atoms with Crippen LogP contribution in [0, 0.1) is 5.82 Å². The molecule has 4 nitrogen and oxygen atoms in total. The standard InChI is InChI=1S/C21H23FN2O2/c1-16(17-7-9-19(22)10-8-17)15-20(25)23-11-13-24(14-12-23)21(26)18-5-3-2-4-6-18/h2-10,16H,11-15H2,1H3. The molecule has 5 heteroatoms. The predicted molar refractivity (Wildman–Crippen MR) is 98.4 cm³/mol. The van der Waals surface area contributed by atoms with E-state index in [1.54, 1.807) is 17.0 Å². The maximum atomic E-state index is 13.0. The van der Waals surface area contributed by atoms with E-state index in [4.69, 9.17) is 0 Å². The zero-order valence-corrected chi connectivity index (χ0v) is 14.9. The first-order valence-corrected chi connectivity index (χ1v) is 8.92. The number of amides is 2. The summed E-state index contributed by atoms with van der Waals surface area (Å²) in [5.74, 6) is -0.149. The van der Waals surface area contributed by atoms with Gasteiger partial charge in [0.15, 0.2) is 0 Å². The minimum absolute atomic E-state index is 0.0115. The van der Waals surface area contributed by atoms with Crippen molar-refractivity contribution >= 4 is 11.8 Å². The van der Waals surface area contributed by atoms with Crippen LogP contribution in [0.4, 0.5) is 4.39 Å². The Hall–Kier alpha value is -2.69. The van der Waals surface area contributed by atoms with Gasteiger partial charge in [-0.05, 0) is 35.7 Å². The van der Waals surface area contributed by atoms with Gasteiger partial charge in [0.25, 0.3) is 5.91 Å². The van der Waals surface area contributed by atoms with Crippen LogP contribution >= 0.6 is 0 Å². The second-order valence-corrected chi connectivity index (χ2v) is 6.70. The fourth-order valence-electron chi connectivity index (χ4n) is 3.22. The Morgan fingerprint density at radius 2 is 1.50 bits per heavy atom. The summed E-state index contributed by atoms with van der Waals surface area (Å²) in [7, 11) is 0. The fraction of sp³-hybridized carbons (Fsp3) is 0.333. The van der Waals surface area contributed by atoms with E-state index in [1.807, 2.05) is 42.2 Å². The van der Waals surface area contributed by atoms with Gasteiger partial charge < -0.3 is 9.80 Å². The summed E-state index contributed by atoms with van der Waals surface area (Å²) in [6.07, 6.45) is 0.387. The molecule has 2 amide bonds. The number of hydrogen-bond acceptors (Lipinski definition) is 2. The molecular weight excluding hydrogens is 331 g/mol. The van der Waals surface area contributed by atoms with E-state index in [1.165, 1.54) is 12.1 Å². The zero-order valence-electron chi connectivity index (χ0n) is 14.9. The monoisotopic (exact) mass is 354 g/mol. The van der Waals surface area contributed by atoms with Crippen molar-refractivity contribution < 1.29 is 14.0 Å². The van der Waals surface area contributed by atoms with Crippen LogP contribution in [0.3, 0.4) is 0 Å². The lowest BCUT2D eigenvalue weighted by atomic mass is 9.97. The van der Waals surface area contributed by atoms with Crippen LogP contribution in [-0.2, 0) is 4.79 Å². The molecule has 0 aliphatic carbocycles. The minimum atomic E-state index is -0.272. The quantitative estimate of drug-likeness (QED) is 0.845. The average molecular weight is 354 g/mol. The molecule has 1 fully saturated rings. The topological polar surface area (TPSA) is 40.6 Å². The van der Waals surface area contributed by atoms with Gasteiger partial charge in [-0.15, -0.1) is 0 Å². The maximum absolute atomic E-state index is 13.0. The summed E-state index contributed by atoms with van der Waals surface area (Å²) in [6.45, 7) is 4.16. The lowest BCUT2D eigenvalue weighted by Crippen LogP contribution is -2.50. The Morgan fingerprint density at radius 1 is 0.923 bits per heavy atom. The Bertz CT molecular complexity index is 753. The van der Waals surface area contributed by atoms with Crippen LogP contribution in [0.5, 0.6) is 0 Å². The molecule has 136 valence electrons. The first kappa shape index (κ1) is 18.1. The second-order valence-electron chi connectivity index (χ2n) is 6.70. The highest BCUT2D eigenvalue weighted by atomic mass is 19.1. The summed E-state index contributed by atoms with van der Waals surface area (Å²) < 4.78 is 13.0. The van der Waals surface area contributed by atoms with E-state index < -0.39 is 0 Å². The number of rotatable bonds is 4. The van der Waals surface area contributed by atoms with Crippen LogP contribution in [0.15, 0.2) is 54.6 Å². The van der Waals surface area contributed by atoms with Crippen LogP contribution < -0.4 is 0 Å². The minimum Gasteiger partial charge on any atom is -0.339 e. The van der Waals surface area contributed by atoms with Gasteiger partial charge in [-0.3, -0.25) is 9.59 Å². The summed E-state index contributed by atoms with van der Waals surface area (Å²) in [5.41, 5.74) is 1.63. The molecule has 2 aromatic rings. The van der Waals surface area contributed by atoms with E-state index in [9.17, 15) is 14.0 Å². The molecule has 0 spiro atoms. The molecule has 0 radical (unpaired) electrons. The molecule has 0 N–H and O–H groups in total. The van der Waals surface area contributed by atoms with Crippen molar-refractivity contribution in [3.8, 4) is 0 Å². The van der Waals surface area contributed by atoms with Gasteiger partial charge in [0.05, 0.1) is 0 Å². The van der Waals surface area contributed by atoms with Crippen molar-refractivity contribution in [2.24, 2.45) is 0 Å². The van der Waals surface area contributed by atoms with Crippen molar-refractivity contribution in [2.45, 2.75) is 19.3 Å². The molecule has 1 unspecified atom stereocenters. The third-order valence-corrected chi connectivity index (χ3v) is 4.86. The highest BCUT2D eigenvalue weighted by Crippen LogP contribution is 2.21. The smallest absolute Gasteiger partial charge is 0.253 e. The first-order valence-electron chi connectivity index (χ1n) is 8.92. The normalized spacial score (nSPS) is 15.6. The van der Waals surface area contributed by atoms with Crippen LogP contribution in [-0.4, -0.2) is 47.8 Å². The molecule has 3 rings (SSSR count). The number of hydrogen-bond donors (Lipinski definition) is 0. The molecule has 26 heavy (non-hydrogen) atoms. The number of carbonyl (C=O) groups is 2. The van der Waals surface area contributed by atoms with E-state index >= 15 is 0 Å². The van der Waals surface area contributed by atoms with E-state index in [0.29, 0.717) is 38.2 Å². The molecule has 0 aromatic heterocycles. The van der Waals surface area contributed by atoms with Gasteiger partial charge >= 0.3 is 0 Å². The third kappa shape index (κ3) is 4.28. The predicted octanol–water partition coefficient (Wildman–Crippen LogP) is 3.30. The van der Waals surface area contributed by atoms with Crippen LogP contribution in [0.25, 0.3) is 0 Å². The summed E-state index contributed by atoms with van der Waals surface area (Å²) in [5, 5.41) is 0. The fourth-order valence-corrected chi connectivity index (χ4v) is 3.22. The molecule has 1 aliphatic heterocycles. The van der Waals surface area contributed by atoms with Crippen LogP contribution in [0.1, 0.15) is 35.2 Å². The molecule has 1 saturated heterocycles. The highest BCUT2D eigenvalue weighted by Gasteiger charge is 2.25. The third-order valence-electron chi connectivity index (χ3n) is 4.86. The molecule has 0 bridgehead atoms. The number of halogens is 1. The molecule has 1 heterocycles. The highest BCUT2D eigenvalue weighted by molar-refractivity contribution is 5.94. The van der Waals surface area contributed by atoms with E-state index in [-0.39, 0.29) is 23.5 Å². The number of benzene rings is 2. The molecule has 1 atom stereocenters. The lowest BCUT2D eigenvalue weighted by molar-refractivity contribution is -0.133. The van der Waals surface area contributed by atoms with Gasteiger partial charge in [0, 0.05) is 38.2 Å². The Kier molecular flexibility index (Phi) is 5.66. The first-order chi connectivity index (χ1) is 12.5. The van der Waals surface area contributed by atoms with Crippen molar-refractivity contribution in [1.82, 2.24) is 9.80 Å². The lowest BCUT2D eigenvalue weighted by Gasteiger charge is -2.35. The summed E-state index contributed by atoms with van der Waals surface area (Å²) in [6, 6.07) is 15.5. The van der Waals surface area contributed by atoms with Gasteiger partial charge in [0.1, 0.15) is 5.82 Å². The SMILES string of the molecule is CC(CC(=O)N1CCN(C(=O)c2ccccc2)CC1)c1ccc(F)cc1. The number of carbonyl (C=O) groups excluding carboxylic acids is 2. The molecule has 0 saturated carbocycles. The van der Waals surface area contributed by atoms with Crippen molar-refractivity contribution in [1.29, 1.82) is 0 Å². The summed E-state index contributed by atoms with van der Waals surface area (Å²) in [4.78, 5) is 28.6. The van der Waals surface area contributed by atoms with E-state index in [2.05, 4.69) is 0 Å². The van der Waals surface area contributed by atoms with Crippen molar-refractivity contribution in [3.05, 3.63) is 71.5 Å². The summed E-state index contributed by atoms with van der Waals surface area (Å²) >= 11 is 0. The largest absolute Gasteiger partial charge is 0.339 e. The maximum Gasteiger partial charge on any atom is 0.253 e. The van der Waals surface area contributed by atoms with Crippen molar-refractivity contribution in [2.75, 3.05) is 26.2 Å².